The fourth-order valence-electron chi connectivity index (χ4n) is 6.35. The summed E-state index contributed by atoms with van der Waals surface area (Å²) in [5.41, 5.74) is 2.14. The Hall–Kier alpha value is -1.46. The van der Waals surface area contributed by atoms with Gasteiger partial charge < -0.3 is 9.84 Å². The van der Waals surface area contributed by atoms with Crippen LogP contribution in [0.25, 0.3) is 0 Å². The lowest BCUT2D eigenvalue weighted by molar-refractivity contribution is -0.00625. The maximum atomic E-state index is 11.1. The van der Waals surface area contributed by atoms with E-state index >= 15 is 0 Å². The number of methoxy groups -OCH3 is 1. The van der Waals surface area contributed by atoms with Crippen LogP contribution in [0.3, 0.4) is 0 Å². The van der Waals surface area contributed by atoms with E-state index in [9.17, 15) is 4.79 Å². The zero-order chi connectivity index (χ0) is 19.3. The number of carboxylic acids is 1. The normalized spacial score (nSPS) is 30.5. The van der Waals surface area contributed by atoms with Crippen molar-refractivity contribution in [2.75, 3.05) is 7.11 Å². The number of thioether (sulfide) groups is 1. The second kappa shape index (κ2) is 7.10. The van der Waals surface area contributed by atoms with Crippen LogP contribution in [-0.2, 0) is 11.2 Å². The van der Waals surface area contributed by atoms with Gasteiger partial charge in [-0.25, -0.2) is 4.79 Å². The summed E-state index contributed by atoms with van der Waals surface area (Å²) < 4.78 is 5.81. The molecule has 4 aliphatic carbocycles. The summed E-state index contributed by atoms with van der Waals surface area (Å²) in [4.78, 5) is 13.5. The number of carboxylic acid groups (broad SMARTS) is 1. The van der Waals surface area contributed by atoms with E-state index in [-0.39, 0.29) is 0 Å². The van der Waals surface area contributed by atoms with Gasteiger partial charge in [-0.15, -0.1) is 23.1 Å². The number of hydrogen-bond acceptors (Lipinski definition) is 4. The molecule has 0 spiro atoms. The summed E-state index contributed by atoms with van der Waals surface area (Å²) in [6.07, 6.45) is 8.32. The van der Waals surface area contributed by atoms with E-state index in [0.717, 1.165) is 34.1 Å². The third-order valence-corrected chi connectivity index (χ3v) is 9.22. The molecule has 4 saturated carbocycles. The fraction of sp³-hybridized carbons (Fsp3) is 0.522. The van der Waals surface area contributed by atoms with Crippen molar-refractivity contribution < 1.29 is 14.6 Å². The van der Waals surface area contributed by atoms with Crippen LogP contribution in [0.4, 0.5) is 0 Å². The molecule has 0 saturated heterocycles. The Labute approximate surface area is 174 Å². The van der Waals surface area contributed by atoms with Gasteiger partial charge in [0, 0.05) is 26.5 Å². The van der Waals surface area contributed by atoms with E-state index in [4.69, 9.17) is 9.84 Å². The molecule has 0 radical (unpaired) electrons. The Morgan fingerprint density at radius 3 is 2.43 bits per heavy atom. The number of hydrogen-bond donors (Lipinski definition) is 1. The predicted octanol–water partition coefficient (Wildman–Crippen LogP) is 6.22. The van der Waals surface area contributed by atoms with Gasteiger partial charge in [0.1, 0.15) is 5.75 Å². The SMILES string of the molecule is COc1ccc(SCc2cc(C(=O)O)cs2)cc1C12CC3CC(CC(C3)C1)C2. The number of benzene rings is 1. The molecular formula is C23H26O3S2. The molecule has 3 nitrogen and oxygen atoms in total. The number of carbonyl (C=O) groups is 1. The molecule has 28 heavy (non-hydrogen) atoms. The molecule has 4 fully saturated rings. The Kier molecular flexibility index (Phi) is 4.71. The number of ether oxygens (including phenoxy) is 1. The predicted molar refractivity (Wildman–Crippen MR) is 114 cm³/mol. The van der Waals surface area contributed by atoms with Crippen LogP contribution in [0.1, 0.15) is 59.3 Å². The van der Waals surface area contributed by atoms with Crippen LogP contribution in [0.5, 0.6) is 5.75 Å². The molecule has 2 aromatic rings. The van der Waals surface area contributed by atoms with Crippen LogP contribution in [0, 0.1) is 17.8 Å². The van der Waals surface area contributed by atoms with Gasteiger partial charge >= 0.3 is 5.97 Å². The molecule has 1 heterocycles. The molecular weight excluding hydrogens is 388 g/mol. The molecule has 5 heteroatoms. The highest BCUT2D eigenvalue weighted by Crippen LogP contribution is 2.62. The highest BCUT2D eigenvalue weighted by molar-refractivity contribution is 7.98. The Bertz CT molecular complexity index is 866. The summed E-state index contributed by atoms with van der Waals surface area (Å²) in [7, 11) is 1.80. The van der Waals surface area contributed by atoms with Gasteiger partial charge in [0.05, 0.1) is 12.7 Å². The standard InChI is InChI=1S/C23H26O3S2/c1-26-21-3-2-18(28-13-19-7-17(12-27-19)22(24)25)8-20(21)23-9-14-4-15(10-23)6-16(5-14)11-23/h2-3,7-8,12,14-16H,4-6,9-11,13H2,1H3,(H,24,25). The maximum absolute atomic E-state index is 11.1. The largest absolute Gasteiger partial charge is 0.496 e. The summed E-state index contributed by atoms with van der Waals surface area (Å²) in [6, 6.07) is 8.47. The van der Waals surface area contributed by atoms with E-state index in [1.54, 1.807) is 30.3 Å². The third kappa shape index (κ3) is 3.26. The molecule has 148 valence electrons. The van der Waals surface area contributed by atoms with Crippen molar-refractivity contribution in [2.24, 2.45) is 17.8 Å². The average molecular weight is 415 g/mol. The molecule has 0 amide bonds. The van der Waals surface area contributed by atoms with E-state index in [0.29, 0.717) is 11.0 Å². The van der Waals surface area contributed by atoms with E-state index in [1.165, 1.54) is 60.3 Å². The van der Waals surface area contributed by atoms with Crippen molar-refractivity contribution in [1.82, 2.24) is 0 Å². The molecule has 0 aliphatic heterocycles. The van der Waals surface area contributed by atoms with Gasteiger partial charge in [0.15, 0.2) is 0 Å². The van der Waals surface area contributed by atoms with Crippen molar-refractivity contribution in [3.05, 3.63) is 45.6 Å². The first-order chi connectivity index (χ1) is 13.5. The van der Waals surface area contributed by atoms with Gasteiger partial charge in [-0.05, 0) is 86.0 Å². The zero-order valence-electron chi connectivity index (χ0n) is 16.1. The van der Waals surface area contributed by atoms with Crippen molar-refractivity contribution in [3.63, 3.8) is 0 Å². The summed E-state index contributed by atoms with van der Waals surface area (Å²) in [5, 5.41) is 10.8. The first kappa shape index (κ1) is 18.6. The van der Waals surface area contributed by atoms with Crippen molar-refractivity contribution in [3.8, 4) is 5.75 Å². The number of aromatic carboxylic acids is 1. The maximum Gasteiger partial charge on any atom is 0.336 e. The van der Waals surface area contributed by atoms with E-state index in [1.807, 2.05) is 0 Å². The molecule has 1 N–H and O–H groups in total. The van der Waals surface area contributed by atoms with Gasteiger partial charge in [-0.2, -0.15) is 0 Å². The van der Waals surface area contributed by atoms with Gasteiger partial charge in [-0.3, -0.25) is 0 Å². The minimum atomic E-state index is -0.846. The first-order valence-corrected chi connectivity index (χ1v) is 12.0. The van der Waals surface area contributed by atoms with Crippen LogP contribution in [0.15, 0.2) is 34.5 Å². The quantitative estimate of drug-likeness (QED) is 0.570. The molecule has 6 rings (SSSR count). The van der Waals surface area contributed by atoms with Gasteiger partial charge in [0.2, 0.25) is 0 Å². The fourth-order valence-corrected chi connectivity index (χ4v) is 8.20. The molecule has 4 bridgehead atoms. The Morgan fingerprint density at radius 2 is 1.86 bits per heavy atom. The monoisotopic (exact) mass is 414 g/mol. The van der Waals surface area contributed by atoms with E-state index < -0.39 is 5.97 Å². The molecule has 0 atom stereocenters. The second-order valence-electron chi connectivity index (χ2n) is 8.96. The molecule has 1 aromatic heterocycles. The first-order valence-electron chi connectivity index (χ1n) is 10.2. The minimum absolute atomic E-state index is 0.316. The highest BCUT2D eigenvalue weighted by atomic mass is 32.2. The Balaban J connectivity index is 1.40. The summed E-state index contributed by atoms with van der Waals surface area (Å²) >= 11 is 3.33. The van der Waals surface area contributed by atoms with Crippen molar-refractivity contribution in [2.45, 2.75) is 54.6 Å². The van der Waals surface area contributed by atoms with Gasteiger partial charge in [0.25, 0.3) is 0 Å². The zero-order valence-corrected chi connectivity index (χ0v) is 17.8. The lowest BCUT2D eigenvalue weighted by atomic mass is 9.48. The van der Waals surface area contributed by atoms with Gasteiger partial charge in [-0.1, -0.05) is 0 Å². The number of thiophene rings is 1. The van der Waals surface area contributed by atoms with Crippen molar-refractivity contribution in [1.29, 1.82) is 0 Å². The van der Waals surface area contributed by atoms with Crippen LogP contribution in [0.2, 0.25) is 0 Å². The number of rotatable bonds is 6. The van der Waals surface area contributed by atoms with E-state index in [2.05, 4.69) is 18.2 Å². The average Bonchev–Trinajstić information content (AvgIpc) is 3.14. The summed E-state index contributed by atoms with van der Waals surface area (Å²) in [5.74, 6) is 3.75. The highest BCUT2D eigenvalue weighted by Gasteiger charge is 2.52. The molecule has 4 aliphatic rings. The lowest BCUT2D eigenvalue weighted by Gasteiger charge is -2.57. The minimum Gasteiger partial charge on any atom is -0.496 e. The molecule has 1 aromatic carbocycles. The topological polar surface area (TPSA) is 46.5 Å². The second-order valence-corrected chi connectivity index (χ2v) is 11.0. The Morgan fingerprint density at radius 1 is 1.18 bits per heavy atom. The van der Waals surface area contributed by atoms with Crippen LogP contribution < -0.4 is 4.74 Å². The third-order valence-electron chi connectivity index (χ3n) is 7.06. The summed E-state index contributed by atoms with van der Waals surface area (Å²) in [6.45, 7) is 0. The smallest absolute Gasteiger partial charge is 0.336 e. The lowest BCUT2D eigenvalue weighted by Crippen LogP contribution is -2.48. The van der Waals surface area contributed by atoms with Crippen LogP contribution >= 0.6 is 23.1 Å². The van der Waals surface area contributed by atoms with Crippen molar-refractivity contribution >= 4 is 29.1 Å². The van der Waals surface area contributed by atoms with Crippen LogP contribution in [-0.4, -0.2) is 18.2 Å². The molecule has 0 unspecified atom stereocenters.